The molecule has 8 heteroatoms. The molecule has 166 valence electrons. The van der Waals surface area contributed by atoms with Crippen molar-refractivity contribution < 1.29 is 13.6 Å². The lowest BCUT2D eigenvalue weighted by Crippen LogP contribution is -2.49. The van der Waals surface area contributed by atoms with Crippen molar-refractivity contribution >= 4 is 16.9 Å². The fraction of sp³-hybridized carbons (Fsp3) is 0.280. The molecule has 1 aromatic carbocycles. The smallest absolute Gasteiger partial charge is 0.255 e. The third-order valence-corrected chi connectivity index (χ3v) is 6.79. The highest BCUT2D eigenvalue weighted by Gasteiger charge is 2.43. The normalized spacial score (nSPS) is 19.5. The zero-order chi connectivity index (χ0) is 22.7. The van der Waals surface area contributed by atoms with E-state index in [9.17, 15) is 13.6 Å². The molecule has 1 saturated heterocycles. The maximum Gasteiger partial charge on any atom is 0.255 e. The van der Waals surface area contributed by atoms with Gasteiger partial charge in [0.15, 0.2) is 5.65 Å². The molecule has 0 N–H and O–H groups in total. The van der Waals surface area contributed by atoms with Crippen molar-refractivity contribution in [3.63, 3.8) is 0 Å². The number of aromatic nitrogens is 4. The first-order chi connectivity index (χ1) is 16.0. The number of halogens is 2. The lowest BCUT2D eigenvalue weighted by molar-refractivity contribution is 0.0394. The molecule has 2 atom stereocenters. The first kappa shape index (κ1) is 20.0. The molecule has 0 saturated carbocycles. The summed E-state index contributed by atoms with van der Waals surface area (Å²) < 4.78 is 29.6. The number of aryl methyl sites for hydroxylation is 1. The van der Waals surface area contributed by atoms with E-state index in [1.165, 1.54) is 12.1 Å². The summed E-state index contributed by atoms with van der Waals surface area (Å²) in [6, 6.07) is 8.77. The summed E-state index contributed by atoms with van der Waals surface area (Å²) in [6.45, 7) is 0. The molecule has 1 fully saturated rings. The van der Waals surface area contributed by atoms with Crippen molar-refractivity contribution in [3.05, 3.63) is 77.2 Å². The second kappa shape index (κ2) is 7.43. The van der Waals surface area contributed by atoms with E-state index in [1.807, 2.05) is 11.0 Å². The lowest BCUT2D eigenvalue weighted by Gasteiger charge is -2.45. The molecule has 5 heterocycles. The number of hydrogen-bond acceptors (Lipinski definition) is 4. The minimum atomic E-state index is -0.620. The van der Waals surface area contributed by atoms with Crippen LogP contribution in [0.4, 0.5) is 8.78 Å². The van der Waals surface area contributed by atoms with Gasteiger partial charge in [-0.25, -0.2) is 18.7 Å². The van der Waals surface area contributed by atoms with Gasteiger partial charge in [0.05, 0.1) is 23.0 Å². The van der Waals surface area contributed by atoms with Crippen molar-refractivity contribution in [3.8, 4) is 11.3 Å². The molecule has 6 rings (SSSR count). The standard InChI is InChI=1S/C25H21F2N5O/c1-31-23(14-10-15(26)12-16(27)11-14)20-13-17-4-2-6-21(22(20)30-31)32(17)25(33)19-7-9-29-24-18(19)5-3-8-28-24/h3,5,7-12,17,21H,2,4,6,13H2,1H3/t17-,21+/m0/s1. The molecule has 0 unspecified atom stereocenters. The summed E-state index contributed by atoms with van der Waals surface area (Å²) in [7, 11) is 1.79. The van der Waals surface area contributed by atoms with Crippen LogP contribution in [0, 0.1) is 11.6 Å². The lowest BCUT2D eigenvalue weighted by atomic mass is 9.81. The number of carbonyl (C=O) groups is 1. The average Bonchev–Trinajstić information content (AvgIpc) is 3.13. The SMILES string of the molecule is Cn1nc2c(c1-c1cc(F)cc(F)c1)C[C@@H]1CCC[C@H]2N1C(=O)c1ccnc2ncccc12. The van der Waals surface area contributed by atoms with Gasteiger partial charge >= 0.3 is 0 Å². The molecule has 33 heavy (non-hydrogen) atoms. The minimum Gasteiger partial charge on any atom is -0.327 e. The Hall–Kier alpha value is -3.68. The van der Waals surface area contributed by atoms with Gasteiger partial charge in [0.25, 0.3) is 5.91 Å². The summed E-state index contributed by atoms with van der Waals surface area (Å²) in [5.41, 5.74) is 4.09. The van der Waals surface area contributed by atoms with E-state index in [0.717, 1.165) is 42.0 Å². The number of rotatable bonds is 2. The molecule has 2 bridgehead atoms. The van der Waals surface area contributed by atoms with Crippen molar-refractivity contribution in [2.75, 3.05) is 0 Å². The fourth-order valence-electron chi connectivity index (χ4n) is 5.51. The van der Waals surface area contributed by atoms with Crippen LogP contribution in [0.1, 0.15) is 46.9 Å². The molecular formula is C25H21F2N5O. The van der Waals surface area contributed by atoms with Crippen LogP contribution in [0.15, 0.2) is 48.8 Å². The van der Waals surface area contributed by atoms with Crippen LogP contribution in [0.3, 0.4) is 0 Å². The number of amides is 1. The van der Waals surface area contributed by atoms with Gasteiger partial charge in [0, 0.05) is 48.1 Å². The molecule has 2 aliphatic rings. The van der Waals surface area contributed by atoms with Crippen molar-refractivity contribution in [2.45, 2.75) is 37.8 Å². The largest absolute Gasteiger partial charge is 0.327 e. The Kier molecular flexibility index (Phi) is 4.50. The first-order valence-corrected chi connectivity index (χ1v) is 11.1. The van der Waals surface area contributed by atoms with Crippen LogP contribution in [0.5, 0.6) is 0 Å². The van der Waals surface area contributed by atoms with Crippen LogP contribution in [-0.4, -0.2) is 36.6 Å². The number of carbonyl (C=O) groups excluding carboxylic acids is 1. The van der Waals surface area contributed by atoms with E-state index in [2.05, 4.69) is 9.97 Å². The predicted molar refractivity (Wildman–Crippen MR) is 118 cm³/mol. The van der Waals surface area contributed by atoms with Crippen molar-refractivity contribution in [1.82, 2.24) is 24.6 Å². The summed E-state index contributed by atoms with van der Waals surface area (Å²) >= 11 is 0. The van der Waals surface area contributed by atoms with Gasteiger partial charge in [-0.05, 0) is 56.0 Å². The monoisotopic (exact) mass is 445 g/mol. The molecule has 2 aliphatic heterocycles. The maximum absolute atomic E-state index is 14.0. The highest BCUT2D eigenvalue weighted by atomic mass is 19.1. The van der Waals surface area contributed by atoms with E-state index in [4.69, 9.17) is 5.10 Å². The van der Waals surface area contributed by atoms with Gasteiger partial charge < -0.3 is 4.90 Å². The molecular weight excluding hydrogens is 424 g/mol. The zero-order valence-electron chi connectivity index (χ0n) is 18.0. The summed E-state index contributed by atoms with van der Waals surface area (Å²) in [4.78, 5) is 24.3. The summed E-state index contributed by atoms with van der Waals surface area (Å²) in [5, 5.41) is 5.48. The Bertz CT molecular complexity index is 1390. The van der Waals surface area contributed by atoms with Crippen molar-refractivity contribution in [1.29, 1.82) is 0 Å². The highest BCUT2D eigenvalue weighted by molar-refractivity contribution is 6.05. The Labute approximate surface area is 188 Å². The molecule has 0 aliphatic carbocycles. The number of benzene rings is 1. The van der Waals surface area contributed by atoms with Gasteiger partial charge in [-0.3, -0.25) is 9.48 Å². The van der Waals surface area contributed by atoms with Crippen LogP contribution in [0.2, 0.25) is 0 Å². The Morgan fingerprint density at radius 3 is 2.67 bits per heavy atom. The molecule has 1 amide bonds. The zero-order valence-corrected chi connectivity index (χ0v) is 18.0. The predicted octanol–water partition coefficient (Wildman–Crippen LogP) is 4.60. The second-order valence-electron chi connectivity index (χ2n) is 8.74. The third-order valence-electron chi connectivity index (χ3n) is 6.79. The van der Waals surface area contributed by atoms with Gasteiger partial charge in [0.2, 0.25) is 0 Å². The number of fused-ring (bicyclic) bond motifs is 5. The fourth-order valence-corrected chi connectivity index (χ4v) is 5.51. The Morgan fingerprint density at radius 2 is 1.85 bits per heavy atom. The number of hydrogen-bond donors (Lipinski definition) is 0. The van der Waals surface area contributed by atoms with E-state index >= 15 is 0 Å². The van der Waals surface area contributed by atoms with Gasteiger partial charge in [-0.1, -0.05) is 0 Å². The molecule has 0 radical (unpaired) electrons. The quantitative estimate of drug-likeness (QED) is 0.452. The van der Waals surface area contributed by atoms with Crippen molar-refractivity contribution in [2.24, 2.45) is 7.05 Å². The summed E-state index contributed by atoms with van der Waals surface area (Å²) in [6.07, 6.45) is 6.54. The Morgan fingerprint density at radius 1 is 1.06 bits per heavy atom. The number of nitrogens with zero attached hydrogens (tertiary/aromatic N) is 5. The highest BCUT2D eigenvalue weighted by Crippen LogP contribution is 2.45. The average molecular weight is 445 g/mol. The molecule has 6 nitrogen and oxygen atoms in total. The van der Waals surface area contributed by atoms with Crippen LogP contribution < -0.4 is 0 Å². The second-order valence-corrected chi connectivity index (χ2v) is 8.74. The van der Waals surface area contributed by atoms with E-state index in [-0.39, 0.29) is 18.0 Å². The number of piperidine rings is 1. The first-order valence-electron chi connectivity index (χ1n) is 11.1. The van der Waals surface area contributed by atoms with Crippen LogP contribution in [-0.2, 0) is 13.5 Å². The van der Waals surface area contributed by atoms with E-state index in [1.54, 1.807) is 36.3 Å². The van der Waals surface area contributed by atoms with Gasteiger partial charge in [0.1, 0.15) is 11.6 Å². The van der Waals surface area contributed by atoms with Crippen LogP contribution >= 0.6 is 0 Å². The Balaban J connectivity index is 1.46. The van der Waals surface area contributed by atoms with Crippen LogP contribution in [0.25, 0.3) is 22.3 Å². The van der Waals surface area contributed by atoms with Gasteiger partial charge in [-0.2, -0.15) is 5.10 Å². The topological polar surface area (TPSA) is 63.9 Å². The molecule has 0 spiro atoms. The summed E-state index contributed by atoms with van der Waals surface area (Å²) in [5.74, 6) is -1.29. The van der Waals surface area contributed by atoms with E-state index < -0.39 is 11.6 Å². The van der Waals surface area contributed by atoms with Gasteiger partial charge in [-0.15, -0.1) is 0 Å². The molecule has 3 aromatic heterocycles. The third kappa shape index (κ3) is 3.12. The number of pyridine rings is 2. The maximum atomic E-state index is 14.0. The van der Waals surface area contributed by atoms with E-state index in [0.29, 0.717) is 28.9 Å². The minimum absolute atomic E-state index is 0.00927. The molecule has 4 aromatic rings.